The van der Waals surface area contributed by atoms with Crippen molar-refractivity contribution in [1.82, 2.24) is 20.8 Å². The molecule has 0 spiro atoms. The molecule has 0 radical (unpaired) electrons. The third-order valence-electron chi connectivity index (χ3n) is 4.59. The third-order valence-corrected chi connectivity index (χ3v) is 4.59. The van der Waals surface area contributed by atoms with Gasteiger partial charge in [0.15, 0.2) is 5.82 Å². The number of hydrogen-bond acceptors (Lipinski definition) is 5. The maximum Gasteiger partial charge on any atom is 0.248 e. The maximum absolute atomic E-state index is 12.1. The molecule has 6 heteroatoms. The predicted molar refractivity (Wildman–Crippen MR) is 77.7 cm³/mol. The van der Waals surface area contributed by atoms with E-state index in [1.807, 2.05) is 6.92 Å². The van der Waals surface area contributed by atoms with E-state index in [2.05, 4.69) is 20.8 Å². The van der Waals surface area contributed by atoms with Crippen molar-refractivity contribution in [1.29, 1.82) is 0 Å². The lowest BCUT2D eigenvalue weighted by Gasteiger charge is -2.17. The van der Waals surface area contributed by atoms with E-state index in [0.29, 0.717) is 11.8 Å². The monoisotopic (exact) mass is 292 g/mol. The van der Waals surface area contributed by atoms with Crippen LogP contribution < -0.4 is 10.6 Å². The normalized spacial score (nSPS) is 24.9. The standard InChI is InChI=1S/C15H24N4O2/c1-10(17-14(20)12-7-8-16-9-12)15-18-13(19-21-15)11-5-3-2-4-6-11/h10-12,16H,2-9H2,1H3,(H,17,20). The molecule has 1 aromatic heterocycles. The highest BCUT2D eigenvalue weighted by Gasteiger charge is 2.27. The van der Waals surface area contributed by atoms with Gasteiger partial charge in [0.1, 0.15) is 6.04 Å². The van der Waals surface area contributed by atoms with Crippen LogP contribution in [0.1, 0.15) is 69.1 Å². The highest BCUT2D eigenvalue weighted by Crippen LogP contribution is 2.31. The Morgan fingerprint density at radius 1 is 1.33 bits per heavy atom. The van der Waals surface area contributed by atoms with E-state index in [9.17, 15) is 4.79 Å². The Morgan fingerprint density at radius 3 is 2.86 bits per heavy atom. The van der Waals surface area contributed by atoms with E-state index in [1.165, 1.54) is 19.3 Å². The van der Waals surface area contributed by atoms with Gasteiger partial charge in [0.05, 0.1) is 5.92 Å². The highest BCUT2D eigenvalue weighted by molar-refractivity contribution is 5.79. The number of rotatable bonds is 4. The Hall–Kier alpha value is -1.43. The topological polar surface area (TPSA) is 80.0 Å². The summed E-state index contributed by atoms with van der Waals surface area (Å²) >= 11 is 0. The molecule has 3 rings (SSSR count). The van der Waals surface area contributed by atoms with Crippen molar-refractivity contribution in [2.45, 2.75) is 57.4 Å². The third kappa shape index (κ3) is 3.43. The second-order valence-electron chi connectivity index (χ2n) is 6.25. The zero-order valence-electron chi connectivity index (χ0n) is 12.6. The summed E-state index contributed by atoms with van der Waals surface area (Å²) in [6.45, 7) is 3.58. The molecule has 1 aromatic rings. The number of aromatic nitrogens is 2. The number of nitrogens with one attached hydrogen (secondary N) is 2. The van der Waals surface area contributed by atoms with Crippen LogP contribution in [-0.4, -0.2) is 29.1 Å². The Balaban J connectivity index is 1.58. The second-order valence-corrected chi connectivity index (χ2v) is 6.25. The van der Waals surface area contributed by atoms with Crippen molar-refractivity contribution in [3.63, 3.8) is 0 Å². The fourth-order valence-corrected chi connectivity index (χ4v) is 3.22. The van der Waals surface area contributed by atoms with Gasteiger partial charge in [-0.2, -0.15) is 4.98 Å². The van der Waals surface area contributed by atoms with Gasteiger partial charge in [-0.1, -0.05) is 24.4 Å². The summed E-state index contributed by atoms with van der Waals surface area (Å²) in [4.78, 5) is 16.6. The molecule has 2 unspecified atom stereocenters. The molecule has 6 nitrogen and oxygen atoms in total. The summed E-state index contributed by atoms with van der Waals surface area (Å²) in [7, 11) is 0. The smallest absolute Gasteiger partial charge is 0.248 e. The van der Waals surface area contributed by atoms with Crippen molar-refractivity contribution >= 4 is 5.91 Å². The molecular formula is C15H24N4O2. The van der Waals surface area contributed by atoms with Crippen LogP contribution >= 0.6 is 0 Å². The van der Waals surface area contributed by atoms with Crippen LogP contribution in [0.3, 0.4) is 0 Å². The summed E-state index contributed by atoms with van der Waals surface area (Å²) in [5, 5.41) is 10.3. The molecule has 1 saturated carbocycles. The molecule has 1 aliphatic carbocycles. The van der Waals surface area contributed by atoms with Gasteiger partial charge in [-0.3, -0.25) is 4.79 Å². The Kier molecular flexibility index (Phi) is 4.53. The average Bonchev–Trinajstić information content (AvgIpc) is 3.20. The second kappa shape index (κ2) is 6.56. The lowest BCUT2D eigenvalue weighted by Crippen LogP contribution is -2.34. The number of hydrogen-bond donors (Lipinski definition) is 2. The van der Waals surface area contributed by atoms with E-state index < -0.39 is 0 Å². The summed E-state index contributed by atoms with van der Waals surface area (Å²) < 4.78 is 5.35. The lowest BCUT2D eigenvalue weighted by atomic mass is 9.89. The maximum atomic E-state index is 12.1. The average molecular weight is 292 g/mol. The van der Waals surface area contributed by atoms with Crippen LogP contribution in [0.2, 0.25) is 0 Å². The summed E-state index contributed by atoms with van der Waals surface area (Å²) in [5.74, 6) is 1.90. The van der Waals surface area contributed by atoms with Crippen molar-refractivity contribution in [2.24, 2.45) is 5.92 Å². The highest BCUT2D eigenvalue weighted by atomic mass is 16.5. The van der Waals surface area contributed by atoms with Crippen molar-refractivity contribution in [3.05, 3.63) is 11.7 Å². The zero-order chi connectivity index (χ0) is 14.7. The fraction of sp³-hybridized carbons (Fsp3) is 0.800. The lowest BCUT2D eigenvalue weighted by molar-refractivity contribution is -0.125. The number of carbonyl (C=O) groups is 1. The van der Waals surface area contributed by atoms with Gasteiger partial charge in [-0.15, -0.1) is 0 Å². The van der Waals surface area contributed by atoms with Gasteiger partial charge in [0.25, 0.3) is 0 Å². The van der Waals surface area contributed by atoms with E-state index in [1.54, 1.807) is 0 Å². The Morgan fingerprint density at radius 2 is 2.14 bits per heavy atom. The van der Waals surface area contributed by atoms with E-state index in [0.717, 1.165) is 38.2 Å². The van der Waals surface area contributed by atoms with E-state index >= 15 is 0 Å². The van der Waals surface area contributed by atoms with Crippen molar-refractivity contribution in [2.75, 3.05) is 13.1 Å². The first-order valence-corrected chi connectivity index (χ1v) is 8.08. The minimum Gasteiger partial charge on any atom is -0.344 e. The van der Waals surface area contributed by atoms with Gasteiger partial charge in [0.2, 0.25) is 11.8 Å². The molecule has 2 fully saturated rings. The summed E-state index contributed by atoms with van der Waals surface area (Å²) in [6.07, 6.45) is 6.99. The first-order valence-electron chi connectivity index (χ1n) is 8.08. The minimum atomic E-state index is -0.219. The molecule has 2 heterocycles. The van der Waals surface area contributed by atoms with Gasteiger partial charge >= 0.3 is 0 Å². The molecule has 1 saturated heterocycles. The first-order chi connectivity index (χ1) is 10.2. The largest absolute Gasteiger partial charge is 0.344 e. The molecular weight excluding hydrogens is 268 g/mol. The molecule has 2 aliphatic rings. The van der Waals surface area contributed by atoms with Gasteiger partial charge in [-0.05, 0) is 32.7 Å². The molecule has 116 valence electrons. The zero-order valence-corrected chi connectivity index (χ0v) is 12.6. The number of carbonyl (C=O) groups excluding carboxylic acids is 1. The van der Waals surface area contributed by atoms with Crippen molar-refractivity contribution in [3.8, 4) is 0 Å². The SMILES string of the molecule is CC(NC(=O)C1CCNC1)c1nc(C2CCCCC2)no1. The quantitative estimate of drug-likeness (QED) is 0.886. The Labute approximate surface area is 125 Å². The Bertz CT molecular complexity index is 476. The van der Waals surface area contributed by atoms with Crippen LogP contribution in [0.4, 0.5) is 0 Å². The van der Waals surface area contributed by atoms with Crippen molar-refractivity contribution < 1.29 is 9.32 Å². The molecule has 0 bridgehead atoms. The fourth-order valence-electron chi connectivity index (χ4n) is 3.22. The summed E-state index contributed by atoms with van der Waals surface area (Å²) in [5.41, 5.74) is 0. The number of amides is 1. The number of nitrogens with zero attached hydrogens (tertiary/aromatic N) is 2. The molecule has 2 N–H and O–H groups in total. The molecule has 21 heavy (non-hydrogen) atoms. The molecule has 1 aliphatic heterocycles. The minimum absolute atomic E-state index is 0.0631. The van der Waals surface area contributed by atoms with Crippen LogP contribution in [0, 0.1) is 5.92 Å². The van der Waals surface area contributed by atoms with Crippen LogP contribution in [0.25, 0.3) is 0 Å². The van der Waals surface area contributed by atoms with Gasteiger partial charge in [0, 0.05) is 12.5 Å². The van der Waals surface area contributed by atoms with Crippen LogP contribution in [-0.2, 0) is 4.79 Å². The van der Waals surface area contributed by atoms with Crippen LogP contribution in [0.5, 0.6) is 0 Å². The van der Waals surface area contributed by atoms with E-state index in [4.69, 9.17) is 4.52 Å². The van der Waals surface area contributed by atoms with Gasteiger partial charge < -0.3 is 15.2 Å². The van der Waals surface area contributed by atoms with Crippen LogP contribution in [0.15, 0.2) is 4.52 Å². The van der Waals surface area contributed by atoms with E-state index in [-0.39, 0.29) is 17.9 Å². The molecule has 1 amide bonds. The molecule has 0 aromatic carbocycles. The first kappa shape index (κ1) is 14.5. The predicted octanol–water partition coefficient (Wildman–Crippen LogP) is 1.90. The van der Waals surface area contributed by atoms with Gasteiger partial charge in [-0.25, -0.2) is 0 Å². The molecule has 2 atom stereocenters. The summed E-state index contributed by atoms with van der Waals surface area (Å²) in [6, 6.07) is -0.219.